The van der Waals surface area contributed by atoms with Crippen LogP contribution in [0.3, 0.4) is 0 Å². The van der Waals surface area contributed by atoms with E-state index in [-0.39, 0.29) is 5.41 Å². The maximum absolute atomic E-state index is 6.22. The fourth-order valence-electron chi connectivity index (χ4n) is 3.08. The summed E-state index contributed by atoms with van der Waals surface area (Å²) < 4.78 is 2.01. The lowest BCUT2D eigenvalue weighted by atomic mass is 9.95. The molecule has 0 aliphatic heterocycles. The fraction of sp³-hybridized carbons (Fsp3) is 0.235. The number of halogens is 2. The summed E-state index contributed by atoms with van der Waals surface area (Å²) in [7, 11) is 1.97. The molecule has 6 heteroatoms. The molecule has 0 saturated heterocycles. The average molecular weight is 345 g/mol. The van der Waals surface area contributed by atoms with Gasteiger partial charge in [-0.25, -0.2) is 4.98 Å². The van der Waals surface area contributed by atoms with Gasteiger partial charge in [-0.05, 0) is 30.5 Å². The monoisotopic (exact) mass is 344 g/mol. The molecule has 0 atom stereocenters. The maximum atomic E-state index is 6.22. The third-order valence-electron chi connectivity index (χ3n) is 4.43. The van der Waals surface area contributed by atoms with Crippen LogP contribution in [0.4, 0.5) is 0 Å². The standard InChI is InChI=1S/C17H14Cl2N4/c1-23-15(12-7-8-13(18)20-14(12)19)21-22-16(23)17(9-10-17)11-5-3-2-4-6-11/h2-8H,9-10H2,1H3. The third kappa shape index (κ3) is 2.33. The van der Waals surface area contributed by atoms with Crippen LogP contribution in [0.1, 0.15) is 24.2 Å². The van der Waals surface area contributed by atoms with Crippen molar-refractivity contribution in [2.45, 2.75) is 18.3 Å². The minimum absolute atomic E-state index is 0.0341. The molecule has 4 nitrogen and oxygen atoms in total. The van der Waals surface area contributed by atoms with E-state index in [1.807, 2.05) is 23.7 Å². The lowest BCUT2D eigenvalue weighted by molar-refractivity contribution is 0.694. The Kier molecular flexibility index (Phi) is 3.39. The van der Waals surface area contributed by atoms with E-state index in [1.165, 1.54) is 5.56 Å². The summed E-state index contributed by atoms with van der Waals surface area (Å²) in [6.07, 6.45) is 2.16. The first-order chi connectivity index (χ1) is 11.1. The van der Waals surface area contributed by atoms with Crippen molar-refractivity contribution in [3.8, 4) is 11.4 Å². The van der Waals surface area contributed by atoms with E-state index in [2.05, 4.69) is 39.4 Å². The molecule has 23 heavy (non-hydrogen) atoms. The van der Waals surface area contributed by atoms with Gasteiger partial charge in [0.05, 0.1) is 11.0 Å². The van der Waals surface area contributed by atoms with Gasteiger partial charge in [-0.2, -0.15) is 0 Å². The molecule has 1 aliphatic carbocycles. The van der Waals surface area contributed by atoms with Crippen molar-refractivity contribution in [2.75, 3.05) is 0 Å². The first-order valence-electron chi connectivity index (χ1n) is 7.40. The van der Waals surface area contributed by atoms with Gasteiger partial charge in [-0.3, -0.25) is 0 Å². The number of hydrogen-bond donors (Lipinski definition) is 0. The molecule has 1 saturated carbocycles. The number of pyridine rings is 1. The Morgan fingerprint density at radius 2 is 1.74 bits per heavy atom. The summed E-state index contributed by atoms with van der Waals surface area (Å²) in [6, 6.07) is 14.0. The number of aromatic nitrogens is 4. The van der Waals surface area contributed by atoms with Crippen molar-refractivity contribution < 1.29 is 0 Å². The summed E-state index contributed by atoms with van der Waals surface area (Å²) >= 11 is 12.1. The Morgan fingerprint density at radius 3 is 2.39 bits per heavy atom. The van der Waals surface area contributed by atoms with Crippen LogP contribution in [0.25, 0.3) is 11.4 Å². The molecule has 0 unspecified atom stereocenters. The Bertz CT molecular complexity index is 870. The summed E-state index contributed by atoms with van der Waals surface area (Å²) in [5.41, 5.74) is 1.98. The van der Waals surface area contributed by atoms with Crippen molar-refractivity contribution in [1.82, 2.24) is 19.7 Å². The highest BCUT2D eigenvalue weighted by atomic mass is 35.5. The molecule has 0 amide bonds. The molecule has 3 aromatic rings. The van der Waals surface area contributed by atoms with Crippen molar-refractivity contribution in [3.63, 3.8) is 0 Å². The third-order valence-corrected chi connectivity index (χ3v) is 4.93. The number of rotatable bonds is 3. The van der Waals surface area contributed by atoms with E-state index in [4.69, 9.17) is 23.2 Å². The molecular formula is C17H14Cl2N4. The Balaban J connectivity index is 1.80. The second-order valence-corrected chi connectivity index (χ2v) is 6.57. The predicted octanol–water partition coefficient (Wildman–Crippen LogP) is 4.26. The molecule has 0 radical (unpaired) electrons. The lowest BCUT2D eigenvalue weighted by Gasteiger charge is -2.15. The molecule has 0 N–H and O–H groups in total. The van der Waals surface area contributed by atoms with E-state index in [1.54, 1.807) is 6.07 Å². The molecule has 0 bridgehead atoms. The summed E-state index contributed by atoms with van der Waals surface area (Å²) in [5, 5.41) is 9.52. The minimum Gasteiger partial charge on any atom is -0.313 e. The van der Waals surface area contributed by atoms with Crippen LogP contribution in [0.15, 0.2) is 42.5 Å². The Morgan fingerprint density at radius 1 is 1.00 bits per heavy atom. The summed E-state index contributed by atoms with van der Waals surface area (Å²) in [5.74, 6) is 1.67. The van der Waals surface area contributed by atoms with Crippen LogP contribution >= 0.6 is 23.2 Å². The second-order valence-electron chi connectivity index (χ2n) is 5.83. The van der Waals surface area contributed by atoms with Gasteiger partial charge < -0.3 is 4.57 Å². The van der Waals surface area contributed by atoms with E-state index < -0.39 is 0 Å². The van der Waals surface area contributed by atoms with Crippen LogP contribution in [0.5, 0.6) is 0 Å². The fourth-order valence-corrected chi connectivity index (χ4v) is 3.51. The molecule has 1 aromatic carbocycles. The zero-order valence-corrected chi connectivity index (χ0v) is 14.0. The van der Waals surface area contributed by atoms with Crippen molar-refractivity contribution in [3.05, 3.63) is 64.2 Å². The first kappa shape index (κ1) is 14.7. The average Bonchev–Trinajstić information content (AvgIpc) is 3.27. The zero-order valence-electron chi connectivity index (χ0n) is 12.5. The van der Waals surface area contributed by atoms with E-state index in [9.17, 15) is 0 Å². The van der Waals surface area contributed by atoms with Gasteiger partial charge >= 0.3 is 0 Å². The Hall–Kier alpha value is -1.91. The zero-order chi connectivity index (χ0) is 16.0. The molecule has 116 valence electrons. The number of benzene rings is 1. The van der Waals surface area contributed by atoms with Gasteiger partial charge in [0.2, 0.25) is 0 Å². The SMILES string of the molecule is Cn1c(-c2ccc(Cl)nc2Cl)nnc1C1(c2ccccc2)CC1. The normalized spacial score (nSPS) is 15.6. The van der Waals surface area contributed by atoms with Gasteiger partial charge in [0.25, 0.3) is 0 Å². The molecule has 4 rings (SSSR count). The van der Waals surface area contributed by atoms with Gasteiger partial charge in [0.15, 0.2) is 5.82 Å². The molecule has 1 fully saturated rings. The van der Waals surface area contributed by atoms with Crippen LogP contribution < -0.4 is 0 Å². The number of nitrogens with zero attached hydrogens (tertiary/aromatic N) is 4. The number of hydrogen-bond acceptors (Lipinski definition) is 3. The molecule has 0 spiro atoms. The molecular weight excluding hydrogens is 331 g/mol. The highest BCUT2D eigenvalue weighted by Crippen LogP contribution is 2.53. The Labute approximate surface area is 144 Å². The quantitative estimate of drug-likeness (QED) is 0.666. The van der Waals surface area contributed by atoms with Gasteiger partial charge in [-0.1, -0.05) is 53.5 Å². The van der Waals surface area contributed by atoms with Crippen molar-refractivity contribution in [1.29, 1.82) is 0 Å². The van der Waals surface area contributed by atoms with Crippen LogP contribution in [0.2, 0.25) is 10.3 Å². The van der Waals surface area contributed by atoms with E-state index >= 15 is 0 Å². The van der Waals surface area contributed by atoms with E-state index in [0.29, 0.717) is 16.1 Å². The second kappa shape index (κ2) is 5.32. The summed E-state index contributed by atoms with van der Waals surface area (Å²) in [6.45, 7) is 0. The largest absolute Gasteiger partial charge is 0.313 e. The molecule has 2 heterocycles. The van der Waals surface area contributed by atoms with Crippen LogP contribution in [-0.4, -0.2) is 19.7 Å². The topological polar surface area (TPSA) is 43.6 Å². The minimum atomic E-state index is -0.0341. The van der Waals surface area contributed by atoms with Crippen molar-refractivity contribution in [2.24, 2.45) is 7.05 Å². The predicted molar refractivity (Wildman–Crippen MR) is 90.7 cm³/mol. The highest BCUT2D eigenvalue weighted by molar-refractivity contribution is 6.34. The van der Waals surface area contributed by atoms with E-state index in [0.717, 1.165) is 24.2 Å². The molecule has 2 aromatic heterocycles. The summed E-state index contributed by atoms with van der Waals surface area (Å²) in [4.78, 5) is 4.09. The van der Waals surface area contributed by atoms with Gasteiger partial charge in [-0.15, -0.1) is 10.2 Å². The van der Waals surface area contributed by atoms with Crippen LogP contribution in [-0.2, 0) is 12.5 Å². The maximum Gasteiger partial charge on any atom is 0.166 e. The lowest BCUT2D eigenvalue weighted by Crippen LogP contribution is -2.15. The first-order valence-corrected chi connectivity index (χ1v) is 8.15. The van der Waals surface area contributed by atoms with Crippen molar-refractivity contribution >= 4 is 23.2 Å². The van der Waals surface area contributed by atoms with Gasteiger partial charge in [0, 0.05) is 7.05 Å². The highest BCUT2D eigenvalue weighted by Gasteiger charge is 2.49. The van der Waals surface area contributed by atoms with Crippen LogP contribution in [0, 0.1) is 0 Å². The van der Waals surface area contributed by atoms with Gasteiger partial charge in [0.1, 0.15) is 16.1 Å². The molecule has 1 aliphatic rings. The smallest absolute Gasteiger partial charge is 0.166 e.